The minimum absolute atomic E-state index is 0.0681. The molecule has 15 heavy (non-hydrogen) atoms. The summed E-state index contributed by atoms with van der Waals surface area (Å²) >= 11 is 0. The summed E-state index contributed by atoms with van der Waals surface area (Å²) in [6, 6.07) is 7.99. The lowest BCUT2D eigenvalue weighted by Crippen LogP contribution is -1.92. The summed E-state index contributed by atoms with van der Waals surface area (Å²) in [7, 11) is 0. The van der Waals surface area contributed by atoms with Gasteiger partial charge in [-0.05, 0) is 30.5 Å². The van der Waals surface area contributed by atoms with Gasteiger partial charge >= 0.3 is 0 Å². The molecule has 0 bridgehead atoms. The lowest BCUT2D eigenvalue weighted by molar-refractivity contribution is 0.101. The molecule has 0 radical (unpaired) electrons. The number of carbonyl (C=O) groups is 1. The third-order valence-corrected chi connectivity index (χ3v) is 2.36. The number of fused-ring (bicyclic) bond motifs is 1. The smallest absolute Gasteiger partial charge is 0.163 e. The van der Waals surface area contributed by atoms with Crippen LogP contribution in [0.4, 0.5) is 0 Å². The first kappa shape index (κ1) is 9.52. The summed E-state index contributed by atoms with van der Waals surface area (Å²) < 4.78 is 0. The molecule has 76 valence electrons. The van der Waals surface area contributed by atoms with Crippen LogP contribution in [-0.2, 0) is 0 Å². The Balaban J connectivity index is 2.82. The van der Waals surface area contributed by atoms with Crippen molar-refractivity contribution in [2.75, 3.05) is 0 Å². The molecule has 0 unspecified atom stereocenters. The van der Waals surface area contributed by atoms with Crippen molar-refractivity contribution in [1.29, 1.82) is 0 Å². The number of ketones is 1. The van der Waals surface area contributed by atoms with Gasteiger partial charge in [0.25, 0.3) is 0 Å². The Morgan fingerprint density at radius 1 is 1.13 bits per heavy atom. The molecule has 2 N–H and O–H groups in total. The minimum Gasteiger partial charge on any atom is -0.508 e. The molecule has 2 aromatic rings. The lowest BCUT2D eigenvalue weighted by Gasteiger charge is -2.05. The summed E-state index contributed by atoms with van der Waals surface area (Å²) in [6.07, 6.45) is 0. The fraction of sp³-hybridized carbons (Fsp3) is 0.0833. The van der Waals surface area contributed by atoms with Crippen LogP contribution in [0.5, 0.6) is 11.5 Å². The number of carbonyl (C=O) groups excluding carboxylic acids is 1. The molecule has 0 amide bonds. The lowest BCUT2D eigenvalue weighted by atomic mass is 10.0. The maximum atomic E-state index is 11.2. The van der Waals surface area contributed by atoms with E-state index in [1.54, 1.807) is 18.2 Å². The predicted molar refractivity (Wildman–Crippen MR) is 57.3 cm³/mol. The summed E-state index contributed by atoms with van der Waals surface area (Å²) in [5.41, 5.74) is 0.271. The van der Waals surface area contributed by atoms with E-state index in [0.717, 1.165) is 5.39 Å². The van der Waals surface area contributed by atoms with Crippen LogP contribution in [0.2, 0.25) is 0 Å². The van der Waals surface area contributed by atoms with Gasteiger partial charge < -0.3 is 10.2 Å². The fourth-order valence-corrected chi connectivity index (χ4v) is 1.58. The molecule has 0 aromatic heterocycles. The first-order chi connectivity index (χ1) is 7.09. The van der Waals surface area contributed by atoms with Gasteiger partial charge in [0.05, 0.1) is 5.56 Å². The van der Waals surface area contributed by atoms with Crippen LogP contribution in [0.15, 0.2) is 30.3 Å². The minimum atomic E-state index is -0.197. The zero-order valence-corrected chi connectivity index (χ0v) is 8.19. The van der Waals surface area contributed by atoms with E-state index in [4.69, 9.17) is 0 Å². The van der Waals surface area contributed by atoms with Crippen molar-refractivity contribution in [3.63, 3.8) is 0 Å². The number of benzene rings is 2. The van der Waals surface area contributed by atoms with Crippen molar-refractivity contribution in [2.45, 2.75) is 6.92 Å². The molecule has 3 nitrogen and oxygen atoms in total. The van der Waals surface area contributed by atoms with Crippen molar-refractivity contribution in [3.8, 4) is 11.5 Å². The second-order valence-electron chi connectivity index (χ2n) is 3.42. The maximum Gasteiger partial charge on any atom is 0.163 e. The van der Waals surface area contributed by atoms with Gasteiger partial charge in [-0.1, -0.05) is 12.1 Å². The number of aromatic hydroxyl groups is 2. The van der Waals surface area contributed by atoms with Gasteiger partial charge in [-0.25, -0.2) is 0 Å². The number of rotatable bonds is 1. The Bertz CT molecular complexity index is 544. The summed E-state index contributed by atoms with van der Waals surface area (Å²) in [4.78, 5) is 11.2. The number of phenols is 2. The second-order valence-corrected chi connectivity index (χ2v) is 3.42. The second kappa shape index (κ2) is 3.28. The van der Waals surface area contributed by atoms with Crippen LogP contribution < -0.4 is 0 Å². The molecular weight excluding hydrogens is 192 g/mol. The molecule has 0 aliphatic heterocycles. The van der Waals surface area contributed by atoms with Gasteiger partial charge in [0.15, 0.2) is 5.78 Å². The Kier molecular flexibility index (Phi) is 2.08. The Morgan fingerprint density at radius 2 is 1.80 bits per heavy atom. The van der Waals surface area contributed by atoms with Gasteiger partial charge in [-0.3, -0.25) is 4.79 Å². The molecule has 0 spiro atoms. The standard InChI is InChI=1S/C12H10O3/c1-7(13)10-5-3-8-2-4-9(14)6-11(8)12(10)15/h2-6,14-15H,1H3. The van der Waals surface area contributed by atoms with Crippen molar-refractivity contribution in [1.82, 2.24) is 0 Å². The average molecular weight is 202 g/mol. The van der Waals surface area contributed by atoms with E-state index < -0.39 is 0 Å². The third kappa shape index (κ3) is 1.52. The van der Waals surface area contributed by atoms with Gasteiger partial charge in [0.1, 0.15) is 11.5 Å². The topological polar surface area (TPSA) is 57.5 Å². The predicted octanol–water partition coefficient (Wildman–Crippen LogP) is 2.45. The van der Waals surface area contributed by atoms with Gasteiger partial charge in [-0.2, -0.15) is 0 Å². The average Bonchev–Trinajstić information content (AvgIpc) is 2.19. The van der Waals surface area contributed by atoms with E-state index in [-0.39, 0.29) is 22.8 Å². The first-order valence-corrected chi connectivity index (χ1v) is 4.55. The molecule has 0 heterocycles. The monoisotopic (exact) mass is 202 g/mol. The summed E-state index contributed by atoms with van der Waals surface area (Å²) in [6.45, 7) is 1.39. The molecule has 0 saturated heterocycles. The molecule has 0 aliphatic rings. The van der Waals surface area contributed by atoms with E-state index in [0.29, 0.717) is 5.39 Å². The molecule has 2 rings (SSSR count). The van der Waals surface area contributed by atoms with Gasteiger partial charge in [-0.15, -0.1) is 0 Å². The number of Topliss-reactive ketones (excluding diaryl/α,β-unsaturated/α-hetero) is 1. The molecule has 0 atom stereocenters. The van der Waals surface area contributed by atoms with Crippen molar-refractivity contribution in [2.24, 2.45) is 0 Å². The summed E-state index contributed by atoms with van der Waals surface area (Å²) in [5.74, 6) is -0.202. The highest BCUT2D eigenvalue weighted by Crippen LogP contribution is 2.31. The molecule has 0 fully saturated rings. The highest BCUT2D eigenvalue weighted by Gasteiger charge is 2.10. The van der Waals surface area contributed by atoms with Crippen LogP contribution in [0.3, 0.4) is 0 Å². The first-order valence-electron chi connectivity index (χ1n) is 4.55. The van der Waals surface area contributed by atoms with E-state index in [1.807, 2.05) is 0 Å². The van der Waals surface area contributed by atoms with Crippen LogP contribution >= 0.6 is 0 Å². The van der Waals surface area contributed by atoms with Crippen LogP contribution in [0, 0.1) is 0 Å². The van der Waals surface area contributed by atoms with E-state index in [9.17, 15) is 15.0 Å². The van der Waals surface area contributed by atoms with E-state index in [1.165, 1.54) is 19.1 Å². The summed E-state index contributed by atoms with van der Waals surface area (Å²) in [5, 5.41) is 20.4. The molecule has 0 saturated carbocycles. The maximum absolute atomic E-state index is 11.2. The normalized spacial score (nSPS) is 10.5. The number of phenolic OH excluding ortho intramolecular Hbond substituents is 2. The number of hydrogen-bond acceptors (Lipinski definition) is 3. The SMILES string of the molecule is CC(=O)c1ccc2ccc(O)cc2c1O. The van der Waals surface area contributed by atoms with Crippen molar-refractivity contribution < 1.29 is 15.0 Å². The van der Waals surface area contributed by atoms with Crippen LogP contribution in [0.25, 0.3) is 10.8 Å². The van der Waals surface area contributed by atoms with E-state index in [2.05, 4.69) is 0 Å². The Hall–Kier alpha value is -2.03. The Morgan fingerprint density at radius 3 is 2.47 bits per heavy atom. The van der Waals surface area contributed by atoms with Gasteiger partial charge in [0.2, 0.25) is 0 Å². The van der Waals surface area contributed by atoms with Crippen LogP contribution in [-0.4, -0.2) is 16.0 Å². The largest absolute Gasteiger partial charge is 0.508 e. The Labute approximate surface area is 86.6 Å². The van der Waals surface area contributed by atoms with E-state index >= 15 is 0 Å². The van der Waals surface area contributed by atoms with Crippen molar-refractivity contribution >= 4 is 16.6 Å². The highest BCUT2D eigenvalue weighted by atomic mass is 16.3. The van der Waals surface area contributed by atoms with Crippen molar-refractivity contribution in [3.05, 3.63) is 35.9 Å². The fourth-order valence-electron chi connectivity index (χ4n) is 1.58. The number of hydrogen-bond donors (Lipinski definition) is 2. The zero-order valence-electron chi connectivity index (χ0n) is 8.19. The molecule has 0 aliphatic carbocycles. The molecule has 2 aromatic carbocycles. The zero-order chi connectivity index (χ0) is 11.0. The molecule has 3 heteroatoms. The van der Waals surface area contributed by atoms with Gasteiger partial charge in [0, 0.05) is 5.39 Å². The third-order valence-electron chi connectivity index (χ3n) is 2.36. The van der Waals surface area contributed by atoms with Crippen LogP contribution in [0.1, 0.15) is 17.3 Å². The highest BCUT2D eigenvalue weighted by molar-refractivity contribution is 6.03. The molecular formula is C12H10O3. The quantitative estimate of drug-likeness (QED) is 0.698.